The lowest BCUT2D eigenvalue weighted by molar-refractivity contribution is -0.443. The summed E-state index contributed by atoms with van der Waals surface area (Å²) in [6, 6.07) is 0. The Labute approximate surface area is 415 Å². The maximum absolute atomic E-state index is 16.8. The number of carbonyl (C=O) groups is 2. The van der Waals surface area contributed by atoms with Crippen molar-refractivity contribution in [2.75, 3.05) is 83.8 Å². The van der Waals surface area contributed by atoms with Gasteiger partial charge in [0.25, 0.3) is 0 Å². The highest BCUT2D eigenvalue weighted by molar-refractivity contribution is 8.00. The third-order valence-corrected chi connectivity index (χ3v) is 18.5. The Morgan fingerprint density at radius 2 is 1.20 bits per heavy atom. The van der Waals surface area contributed by atoms with Gasteiger partial charge in [0.15, 0.2) is 0 Å². The van der Waals surface area contributed by atoms with Crippen LogP contribution in [0.5, 0.6) is 0 Å². The van der Waals surface area contributed by atoms with E-state index in [1.165, 1.54) is 27.9 Å². The number of nitrogens with zero attached hydrogens (tertiary/aromatic N) is 1. The molecule has 3 aliphatic rings. The number of likely N-dealkylation sites (tertiary alicyclic amines) is 1. The maximum Gasteiger partial charge on any atom is 0.460 e. The number of methoxy groups -OCH3 is 1. The van der Waals surface area contributed by atoms with E-state index >= 15 is 26.3 Å². The number of hydrogen-bond donors (Lipinski definition) is 6. The highest BCUT2D eigenvalue weighted by Gasteiger charge is 2.91. The molecule has 29 heteroatoms. The minimum Gasteiger partial charge on any atom is -0.394 e. The molecule has 3 fully saturated rings. The molecule has 71 heavy (non-hydrogen) atoms. The summed E-state index contributed by atoms with van der Waals surface area (Å²) >= 11 is 2.24. The van der Waals surface area contributed by atoms with E-state index in [1.54, 1.807) is 6.92 Å². The standard InChI is InChI=1S/C42H64F13NO12S3/c1-6-30(71-21-25(62)18-59)36(4)32-31(33(63)56(34(32)64)7-8-66-11-12-67-10-9-65-5)28(68-36)13-29(70-20-24(61)17-58)26-14-35(3,22(2)69-19-23(60)16-57)15-27(26)37(43,44)38(45,46)39(47,48)40(49,50)41(51,52)42(53,54)55/h22-32,57-62H,6-21H2,1-5H3. The molecule has 13 nitrogen and oxygen atoms in total. The molecule has 0 aromatic rings. The number of aliphatic hydroxyl groups excluding tert-OH is 6. The molecule has 418 valence electrons. The summed E-state index contributed by atoms with van der Waals surface area (Å²) in [6.07, 6.45) is -16.4. The first-order chi connectivity index (χ1) is 32.7. The minimum absolute atomic E-state index is 0.00912. The van der Waals surface area contributed by atoms with Crippen molar-refractivity contribution in [2.45, 2.75) is 135 Å². The molecule has 2 amide bonds. The average Bonchev–Trinajstić information content (AvgIpc) is 3.91. The molecule has 2 saturated heterocycles. The second-order valence-corrected chi connectivity index (χ2v) is 22.3. The summed E-state index contributed by atoms with van der Waals surface area (Å²) in [5, 5.41) is 55.7. The molecule has 2 heterocycles. The molecule has 13 atom stereocenters. The summed E-state index contributed by atoms with van der Waals surface area (Å²) in [6.45, 7) is 3.10. The predicted molar refractivity (Wildman–Crippen MR) is 234 cm³/mol. The number of halogens is 13. The molecule has 0 aromatic heterocycles. The number of rotatable bonds is 32. The van der Waals surface area contributed by atoms with E-state index in [0.717, 1.165) is 28.4 Å². The highest BCUT2D eigenvalue weighted by atomic mass is 32.2. The van der Waals surface area contributed by atoms with Gasteiger partial charge >= 0.3 is 35.8 Å². The molecule has 6 N–H and O–H groups in total. The zero-order valence-electron chi connectivity index (χ0n) is 39.4. The van der Waals surface area contributed by atoms with Crippen LogP contribution in [0, 0.1) is 29.1 Å². The van der Waals surface area contributed by atoms with E-state index in [9.17, 15) is 71.0 Å². The second kappa shape index (κ2) is 25.4. The molecular weight excluding hydrogens is 1050 g/mol. The number of imide groups is 1. The van der Waals surface area contributed by atoms with Crippen molar-refractivity contribution >= 4 is 47.1 Å². The SMILES string of the molecule is CCC(SCC(O)CO)C1(C)OC(CC(SCC(O)CO)C2CC(C)(C(C)SCC(O)CO)CC2C(F)(F)C(F)(F)C(F)(F)C(F)(F)C(F)(F)C(F)(F)F)C2C(=O)N(CCOCCOCCOC)C(=O)C21. The zero-order chi connectivity index (χ0) is 54.3. The van der Waals surface area contributed by atoms with Gasteiger partial charge in [-0.15, -0.1) is 0 Å². The van der Waals surface area contributed by atoms with E-state index in [1.807, 2.05) is 0 Å². The Bertz CT molecular complexity index is 1720. The Kier molecular flexibility index (Phi) is 22.9. The Morgan fingerprint density at radius 1 is 0.704 bits per heavy atom. The number of thioether (sulfide) groups is 3. The third-order valence-electron chi connectivity index (χ3n) is 13.6. The van der Waals surface area contributed by atoms with Gasteiger partial charge in [-0.1, -0.05) is 20.8 Å². The number of aliphatic hydroxyl groups is 6. The third kappa shape index (κ3) is 13.4. The lowest BCUT2D eigenvalue weighted by Crippen LogP contribution is -2.71. The van der Waals surface area contributed by atoms with Crippen LogP contribution in [-0.2, 0) is 28.5 Å². The van der Waals surface area contributed by atoms with Crippen molar-refractivity contribution in [3.63, 3.8) is 0 Å². The molecule has 2 aliphatic heterocycles. The monoisotopic (exact) mass is 1120 g/mol. The normalized spacial score (nSPS) is 28.6. The summed E-state index contributed by atoms with van der Waals surface area (Å²) in [7, 11) is 1.46. The number of ether oxygens (including phenoxy) is 4. The van der Waals surface area contributed by atoms with Crippen LogP contribution in [-0.4, -0.2) is 213 Å². The van der Waals surface area contributed by atoms with E-state index in [-0.39, 0.29) is 57.5 Å². The summed E-state index contributed by atoms with van der Waals surface area (Å²) < 4.78 is 215. The molecule has 0 spiro atoms. The van der Waals surface area contributed by atoms with Crippen LogP contribution in [0.25, 0.3) is 0 Å². The lowest BCUT2D eigenvalue weighted by Gasteiger charge is -2.43. The molecule has 0 aromatic carbocycles. The number of hydrogen-bond acceptors (Lipinski definition) is 15. The van der Waals surface area contributed by atoms with E-state index < -0.39 is 167 Å². The summed E-state index contributed by atoms with van der Waals surface area (Å²) in [4.78, 5) is 29.7. The van der Waals surface area contributed by atoms with Crippen LogP contribution in [0.1, 0.15) is 53.4 Å². The molecular formula is C42H64F13NO12S3. The Balaban J connectivity index is 2.24. The number of fused-ring (bicyclic) bond motifs is 1. The van der Waals surface area contributed by atoms with Gasteiger partial charge in [-0.05, 0) is 43.9 Å². The summed E-state index contributed by atoms with van der Waals surface area (Å²) in [5.41, 5.74) is -3.50. The van der Waals surface area contributed by atoms with Gasteiger partial charge in [0.2, 0.25) is 11.8 Å². The topological polar surface area (TPSA) is 196 Å². The molecule has 1 saturated carbocycles. The van der Waals surface area contributed by atoms with Gasteiger partial charge in [-0.2, -0.15) is 92.4 Å². The fraction of sp³-hybridized carbons (Fsp3) is 0.952. The predicted octanol–water partition coefficient (Wildman–Crippen LogP) is 5.38. The average molecular weight is 1120 g/mol. The Morgan fingerprint density at radius 3 is 1.70 bits per heavy atom. The van der Waals surface area contributed by atoms with Gasteiger partial charge in [0.05, 0.1) is 101 Å². The zero-order valence-corrected chi connectivity index (χ0v) is 41.8. The van der Waals surface area contributed by atoms with Crippen LogP contribution in [0.4, 0.5) is 57.1 Å². The quantitative estimate of drug-likeness (QED) is 0.0285. The fourth-order valence-corrected chi connectivity index (χ4v) is 13.4. The van der Waals surface area contributed by atoms with Crippen LogP contribution >= 0.6 is 35.3 Å². The number of alkyl halides is 13. The first-order valence-corrected chi connectivity index (χ1v) is 25.7. The van der Waals surface area contributed by atoms with E-state index in [0.29, 0.717) is 11.8 Å². The van der Waals surface area contributed by atoms with Gasteiger partial charge in [-0.3, -0.25) is 14.5 Å². The lowest BCUT2D eigenvalue weighted by atomic mass is 9.77. The van der Waals surface area contributed by atoms with Crippen LogP contribution in [0.15, 0.2) is 0 Å². The van der Waals surface area contributed by atoms with Crippen molar-refractivity contribution in [1.29, 1.82) is 0 Å². The van der Waals surface area contributed by atoms with Gasteiger partial charge in [0.1, 0.15) is 0 Å². The van der Waals surface area contributed by atoms with Gasteiger partial charge in [0, 0.05) is 46.0 Å². The van der Waals surface area contributed by atoms with E-state index in [2.05, 4.69) is 0 Å². The summed E-state index contributed by atoms with van der Waals surface area (Å²) in [5.74, 6) is -49.7. The molecule has 3 rings (SSSR count). The second-order valence-electron chi connectivity index (χ2n) is 18.5. The highest BCUT2D eigenvalue weighted by Crippen LogP contribution is 2.66. The smallest absolute Gasteiger partial charge is 0.394 e. The van der Waals surface area contributed by atoms with Crippen molar-refractivity contribution in [1.82, 2.24) is 4.90 Å². The van der Waals surface area contributed by atoms with E-state index in [4.69, 9.17) is 18.9 Å². The van der Waals surface area contributed by atoms with Crippen LogP contribution in [0.2, 0.25) is 0 Å². The van der Waals surface area contributed by atoms with Gasteiger partial charge in [-0.25, -0.2) is 0 Å². The number of carbonyl (C=O) groups excluding carboxylic acids is 2. The number of amides is 2. The molecule has 0 bridgehead atoms. The first-order valence-electron chi connectivity index (χ1n) is 22.5. The molecule has 1 aliphatic carbocycles. The molecule has 13 unspecified atom stereocenters. The van der Waals surface area contributed by atoms with Crippen molar-refractivity contribution in [2.24, 2.45) is 29.1 Å². The van der Waals surface area contributed by atoms with Crippen molar-refractivity contribution in [3.05, 3.63) is 0 Å². The van der Waals surface area contributed by atoms with Crippen LogP contribution in [0.3, 0.4) is 0 Å². The van der Waals surface area contributed by atoms with Crippen LogP contribution < -0.4 is 0 Å². The van der Waals surface area contributed by atoms with Gasteiger partial charge < -0.3 is 49.6 Å². The van der Waals surface area contributed by atoms with Crippen molar-refractivity contribution in [3.8, 4) is 0 Å². The minimum atomic E-state index is -8.17. The Hall–Kier alpha value is -1.12. The molecule has 0 radical (unpaired) electrons. The first kappa shape index (κ1) is 64.2. The van der Waals surface area contributed by atoms with Crippen molar-refractivity contribution < 1.29 is 116 Å². The fourth-order valence-electron chi connectivity index (χ4n) is 9.42. The maximum atomic E-state index is 16.8. The largest absolute Gasteiger partial charge is 0.460 e.